The lowest BCUT2D eigenvalue weighted by Crippen LogP contribution is -2.32. The Labute approximate surface area is 198 Å². The highest BCUT2D eigenvalue weighted by atomic mass is 19.1. The topological polar surface area (TPSA) is 76.8 Å². The van der Waals surface area contributed by atoms with Crippen LogP contribution in [0.5, 0.6) is 5.75 Å². The number of hydrogen-bond acceptors (Lipinski definition) is 6. The predicted octanol–water partition coefficient (Wildman–Crippen LogP) is 4.32. The average Bonchev–Trinajstić information content (AvgIpc) is 3.53. The summed E-state index contributed by atoms with van der Waals surface area (Å²) in [5.41, 5.74) is 2.30. The summed E-state index contributed by atoms with van der Waals surface area (Å²) in [6, 6.07) is 14.3. The maximum absolute atomic E-state index is 13.4. The van der Waals surface area contributed by atoms with Crippen molar-refractivity contribution in [2.24, 2.45) is 0 Å². The first-order valence-electron chi connectivity index (χ1n) is 11.6. The lowest BCUT2D eigenvalue weighted by atomic mass is 10.1. The van der Waals surface area contributed by atoms with Crippen LogP contribution in [0.1, 0.15) is 47.3 Å². The minimum absolute atomic E-state index is 0.0654. The summed E-state index contributed by atoms with van der Waals surface area (Å²) >= 11 is 0. The first-order valence-corrected chi connectivity index (χ1v) is 11.6. The molecule has 1 fully saturated rings. The fourth-order valence-corrected chi connectivity index (χ4v) is 3.91. The molecule has 0 saturated carbocycles. The molecule has 1 N–H and O–H groups in total. The van der Waals surface area contributed by atoms with Crippen LogP contribution in [0.4, 0.5) is 4.39 Å². The molecule has 8 heteroatoms. The van der Waals surface area contributed by atoms with Gasteiger partial charge >= 0.3 is 0 Å². The van der Waals surface area contributed by atoms with Gasteiger partial charge in [-0.05, 0) is 55.2 Å². The quantitative estimate of drug-likeness (QED) is 0.453. The van der Waals surface area contributed by atoms with Gasteiger partial charge in [0.2, 0.25) is 5.89 Å². The summed E-state index contributed by atoms with van der Waals surface area (Å²) < 4.78 is 30.0. The van der Waals surface area contributed by atoms with Crippen molar-refractivity contribution in [3.05, 3.63) is 83.3 Å². The van der Waals surface area contributed by atoms with Crippen molar-refractivity contribution >= 4 is 5.91 Å². The van der Waals surface area contributed by atoms with E-state index >= 15 is 0 Å². The molecule has 1 aromatic heterocycles. The molecule has 0 radical (unpaired) electrons. The van der Waals surface area contributed by atoms with Crippen molar-refractivity contribution in [1.82, 2.24) is 15.2 Å². The molecule has 1 amide bonds. The normalized spacial score (nSPS) is 15.6. The van der Waals surface area contributed by atoms with Gasteiger partial charge in [-0.3, -0.25) is 9.69 Å². The van der Waals surface area contributed by atoms with Gasteiger partial charge in [0.05, 0.1) is 19.3 Å². The molecule has 7 nitrogen and oxygen atoms in total. The fraction of sp³-hybridized carbons (Fsp3) is 0.385. The number of rotatable bonds is 11. The van der Waals surface area contributed by atoms with Gasteiger partial charge in [0, 0.05) is 26.2 Å². The molecule has 0 aliphatic carbocycles. The SMILES string of the molecule is CCOc1ccc(CN(Cc2ccc(F)cc2)Cc2nc(C(=O)NC[C@H]3CCCO3)co2)cc1. The van der Waals surface area contributed by atoms with E-state index in [0.717, 1.165) is 36.3 Å². The van der Waals surface area contributed by atoms with Gasteiger partial charge in [-0.25, -0.2) is 9.37 Å². The maximum Gasteiger partial charge on any atom is 0.273 e. The van der Waals surface area contributed by atoms with Crippen molar-refractivity contribution in [3.8, 4) is 5.75 Å². The van der Waals surface area contributed by atoms with Crippen molar-refractivity contribution < 1.29 is 23.1 Å². The van der Waals surface area contributed by atoms with E-state index in [1.54, 1.807) is 12.1 Å². The Kier molecular flexibility index (Phi) is 8.27. The van der Waals surface area contributed by atoms with Crippen LogP contribution < -0.4 is 10.1 Å². The van der Waals surface area contributed by atoms with E-state index in [4.69, 9.17) is 13.9 Å². The Balaban J connectivity index is 1.41. The zero-order chi connectivity index (χ0) is 23.8. The van der Waals surface area contributed by atoms with Crippen LogP contribution >= 0.6 is 0 Å². The standard InChI is InChI=1S/C26H30FN3O4/c1-2-32-22-11-7-20(8-12-22)16-30(15-19-5-9-21(27)10-6-19)17-25-29-24(18-34-25)26(31)28-14-23-4-3-13-33-23/h5-12,18,23H,2-4,13-17H2,1H3,(H,28,31)/t23-/m1/s1. The fourth-order valence-electron chi connectivity index (χ4n) is 3.91. The molecule has 34 heavy (non-hydrogen) atoms. The summed E-state index contributed by atoms with van der Waals surface area (Å²) in [6.07, 6.45) is 3.42. The summed E-state index contributed by atoms with van der Waals surface area (Å²) in [6.45, 7) is 5.35. The third kappa shape index (κ3) is 6.88. The second-order valence-corrected chi connectivity index (χ2v) is 8.32. The molecular weight excluding hydrogens is 437 g/mol. The van der Waals surface area contributed by atoms with Crippen molar-refractivity contribution in [2.75, 3.05) is 19.8 Å². The number of nitrogens with one attached hydrogen (secondary N) is 1. The van der Waals surface area contributed by atoms with Crippen LogP contribution in [0.2, 0.25) is 0 Å². The third-order valence-electron chi connectivity index (χ3n) is 5.62. The molecule has 0 spiro atoms. The van der Waals surface area contributed by atoms with Crippen LogP contribution in [0, 0.1) is 5.82 Å². The van der Waals surface area contributed by atoms with Gasteiger partial charge in [0.15, 0.2) is 5.69 Å². The van der Waals surface area contributed by atoms with E-state index < -0.39 is 0 Å². The molecule has 2 heterocycles. The molecule has 180 valence electrons. The molecule has 2 aromatic carbocycles. The molecule has 3 aromatic rings. The highest BCUT2D eigenvalue weighted by molar-refractivity contribution is 5.91. The molecule has 1 atom stereocenters. The van der Waals surface area contributed by atoms with Crippen LogP contribution in [0.3, 0.4) is 0 Å². The third-order valence-corrected chi connectivity index (χ3v) is 5.62. The van der Waals surface area contributed by atoms with E-state index in [2.05, 4.69) is 15.2 Å². The smallest absolute Gasteiger partial charge is 0.273 e. The first-order chi connectivity index (χ1) is 16.6. The maximum atomic E-state index is 13.4. The number of nitrogens with zero attached hydrogens (tertiary/aromatic N) is 2. The zero-order valence-electron chi connectivity index (χ0n) is 19.3. The van der Waals surface area contributed by atoms with Gasteiger partial charge < -0.3 is 19.2 Å². The summed E-state index contributed by atoms with van der Waals surface area (Å²) in [4.78, 5) is 19.0. The lowest BCUT2D eigenvalue weighted by molar-refractivity contribution is 0.0853. The van der Waals surface area contributed by atoms with E-state index in [0.29, 0.717) is 38.7 Å². The summed E-state index contributed by atoms with van der Waals surface area (Å²) in [5.74, 6) is 0.716. The van der Waals surface area contributed by atoms with Crippen LogP contribution in [-0.4, -0.2) is 41.7 Å². The Morgan fingerprint density at radius 2 is 1.82 bits per heavy atom. The zero-order valence-corrected chi connectivity index (χ0v) is 19.3. The Bertz CT molecular complexity index is 1050. The van der Waals surface area contributed by atoms with E-state index in [1.807, 2.05) is 31.2 Å². The van der Waals surface area contributed by atoms with Crippen molar-refractivity contribution in [2.45, 2.75) is 45.5 Å². The van der Waals surface area contributed by atoms with E-state index in [1.165, 1.54) is 18.4 Å². The number of amides is 1. The van der Waals surface area contributed by atoms with Gasteiger partial charge in [0.25, 0.3) is 5.91 Å². The number of carbonyl (C=O) groups is 1. The molecule has 0 unspecified atom stereocenters. The second kappa shape index (κ2) is 11.8. The molecule has 1 aliphatic heterocycles. The number of oxazole rings is 1. The number of halogens is 1. The van der Waals surface area contributed by atoms with Crippen molar-refractivity contribution in [1.29, 1.82) is 0 Å². The Morgan fingerprint density at radius 1 is 1.12 bits per heavy atom. The van der Waals surface area contributed by atoms with E-state index in [-0.39, 0.29) is 23.5 Å². The Hall–Kier alpha value is -3.23. The first kappa shape index (κ1) is 23.9. The minimum atomic E-state index is -0.276. The van der Waals surface area contributed by atoms with Crippen LogP contribution in [-0.2, 0) is 24.4 Å². The molecule has 4 rings (SSSR count). The van der Waals surface area contributed by atoms with Crippen molar-refractivity contribution in [3.63, 3.8) is 0 Å². The predicted molar refractivity (Wildman–Crippen MR) is 125 cm³/mol. The number of carbonyl (C=O) groups excluding carboxylic acids is 1. The molecular formula is C26H30FN3O4. The molecule has 1 aliphatic rings. The number of ether oxygens (including phenoxy) is 2. The summed E-state index contributed by atoms with van der Waals surface area (Å²) in [7, 11) is 0. The number of aromatic nitrogens is 1. The molecule has 0 bridgehead atoms. The van der Waals surface area contributed by atoms with Crippen LogP contribution in [0.15, 0.2) is 59.2 Å². The van der Waals surface area contributed by atoms with Crippen LogP contribution in [0.25, 0.3) is 0 Å². The number of benzene rings is 2. The van der Waals surface area contributed by atoms with E-state index in [9.17, 15) is 9.18 Å². The van der Waals surface area contributed by atoms with Gasteiger partial charge in [-0.2, -0.15) is 0 Å². The highest BCUT2D eigenvalue weighted by Gasteiger charge is 2.19. The highest BCUT2D eigenvalue weighted by Crippen LogP contribution is 2.18. The summed E-state index contributed by atoms with van der Waals surface area (Å²) in [5, 5.41) is 2.86. The average molecular weight is 468 g/mol. The lowest BCUT2D eigenvalue weighted by Gasteiger charge is -2.21. The van der Waals surface area contributed by atoms with Gasteiger partial charge in [-0.1, -0.05) is 24.3 Å². The van der Waals surface area contributed by atoms with Gasteiger partial charge in [0.1, 0.15) is 17.8 Å². The molecule has 1 saturated heterocycles. The Morgan fingerprint density at radius 3 is 2.47 bits per heavy atom. The van der Waals surface area contributed by atoms with Gasteiger partial charge in [-0.15, -0.1) is 0 Å². The largest absolute Gasteiger partial charge is 0.494 e. The monoisotopic (exact) mass is 467 g/mol. The second-order valence-electron chi connectivity index (χ2n) is 8.32. The minimum Gasteiger partial charge on any atom is -0.494 e. The number of hydrogen-bond donors (Lipinski definition) is 1.